The molecule has 0 bridgehead atoms. The van der Waals surface area contributed by atoms with Gasteiger partial charge in [0, 0.05) is 44.2 Å². The van der Waals surface area contributed by atoms with Crippen molar-refractivity contribution in [3.63, 3.8) is 0 Å². The maximum absolute atomic E-state index is 11.8. The van der Waals surface area contributed by atoms with Gasteiger partial charge in [0.05, 0.1) is 12.2 Å². The normalized spacial score (nSPS) is 20.7. The van der Waals surface area contributed by atoms with Crippen LogP contribution in [0.25, 0.3) is 0 Å². The van der Waals surface area contributed by atoms with Crippen LogP contribution >= 0.6 is 0 Å². The molecule has 134 valence electrons. The molecule has 1 saturated heterocycles. The van der Waals surface area contributed by atoms with Crippen LogP contribution in [0.1, 0.15) is 27.2 Å². The molecule has 0 aliphatic carbocycles. The third-order valence-electron chi connectivity index (χ3n) is 3.87. The van der Waals surface area contributed by atoms with E-state index < -0.39 is 0 Å². The fraction of sp³-hybridized carbons (Fsp3) is 0.611. The van der Waals surface area contributed by atoms with Crippen LogP contribution in [0.4, 0.5) is 16.2 Å². The monoisotopic (exact) mass is 335 g/mol. The first-order valence-electron chi connectivity index (χ1n) is 8.71. The maximum atomic E-state index is 11.8. The molecular formula is C18H29N3O3. The molecule has 6 nitrogen and oxygen atoms in total. The van der Waals surface area contributed by atoms with E-state index in [1.165, 1.54) is 0 Å². The lowest BCUT2D eigenvalue weighted by Gasteiger charge is -2.36. The highest BCUT2D eigenvalue weighted by Gasteiger charge is 2.22. The van der Waals surface area contributed by atoms with E-state index in [1.807, 2.05) is 31.2 Å². The predicted molar refractivity (Wildman–Crippen MR) is 96.8 cm³/mol. The second kappa shape index (κ2) is 9.49. The Balaban J connectivity index is 1.78. The van der Waals surface area contributed by atoms with Gasteiger partial charge in [0.2, 0.25) is 0 Å². The highest BCUT2D eigenvalue weighted by molar-refractivity contribution is 5.89. The van der Waals surface area contributed by atoms with Crippen molar-refractivity contribution in [2.45, 2.75) is 39.4 Å². The van der Waals surface area contributed by atoms with Gasteiger partial charge in [0.15, 0.2) is 0 Å². The zero-order chi connectivity index (χ0) is 17.4. The molecule has 0 spiro atoms. The molecule has 1 heterocycles. The van der Waals surface area contributed by atoms with Crippen molar-refractivity contribution >= 4 is 17.4 Å². The highest BCUT2D eigenvalue weighted by Crippen LogP contribution is 2.22. The summed E-state index contributed by atoms with van der Waals surface area (Å²) in [6.07, 6.45) is 1.27. The van der Waals surface area contributed by atoms with Crippen molar-refractivity contribution in [2.75, 3.05) is 43.1 Å². The minimum Gasteiger partial charge on any atom is -0.382 e. The van der Waals surface area contributed by atoms with Crippen molar-refractivity contribution in [2.24, 2.45) is 0 Å². The van der Waals surface area contributed by atoms with E-state index in [2.05, 4.69) is 29.4 Å². The Morgan fingerprint density at radius 1 is 1.25 bits per heavy atom. The van der Waals surface area contributed by atoms with Gasteiger partial charge in [-0.1, -0.05) is 0 Å². The lowest BCUT2D eigenvalue weighted by atomic mass is 10.2. The average molecular weight is 335 g/mol. The van der Waals surface area contributed by atoms with E-state index in [0.717, 1.165) is 30.9 Å². The second-order valence-electron chi connectivity index (χ2n) is 6.14. The Morgan fingerprint density at radius 2 is 1.92 bits per heavy atom. The number of nitrogens with zero attached hydrogens (tertiary/aromatic N) is 1. The van der Waals surface area contributed by atoms with E-state index in [9.17, 15) is 4.79 Å². The van der Waals surface area contributed by atoms with Crippen LogP contribution in [0.2, 0.25) is 0 Å². The molecule has 2 rings (SSSR count). The highest BCUT2D eigenvalue weighted by atomic mass is 16.5. The molecule has 0 saturated carbocycles. The van der Waals surface area contributed by atoms with Gasteiger partial charge in [-0.15, -0.1) is 0 Å². The number of benzene rings is 1. The van der Waals surface area contributed by atoms with Crippen LogP contribution < -0.4 is 15.5 Å². The summed E-state index contributed by atoms with van der Waals surface area (Å²) < 4.78 is 11.0. The molecular weight excluding hydrogens is 306 g/mol. The Bertz CT molecular complexity index is 497. The fourth-order valence-corrected chi connectivity index (χ4v) is 2.84. The van der Waals surface area contributed by atoms with Crippen LogP contribution in [-0.4, -0.2) is 51.1 Å². The summed E-state index contributed by atoms with van der Waals surface area (Å²) in [5.74, 6) is 0. The molecule has 1 aliphatic heterocycles. The number of amides is 2. The Labute approximate surface area is 144 Å². The Kier molecular flexibility index (Phi) is 7.34. The minimum atomic E-state index is -0.187. The van der Waals surface area contributed by atoms with Gasteiger partial charge in [-0.2, -0.15) is 0 Å². The molecule has 2 amide bonds. The van der Waals surface area contributed by atoms with Crippen molar-refractivity contribution in [1.82, 2.24) is 5.32 Å². The summed E-state index contributed by atoms with van der Waals surface area (Å²) in [6, 6.07) is 7.75. The number of hydrogen-bond donors (Lipinski definition) is 2. The minimum absolute atomic E-state index is 0.187. The number of hydrogen-bond acceptors (Lipinski definition) is 4. The summed E-state index contributed by atoms with van der Waals surface area (Å²) in [5.41, 5.74) is 1.94. The third kappa shape index (κ3) is 6.02. The molecule has 2 atom stereocenters. The summed E-state index contributed by atoms with van der Waals surface area (Å²) in [5, 5.41) is 5.67. The zero-order valence-electron chi connectivity index (χ0n) is 14.9. The van der Waals surface area contributed by atoms with E-state index in [-0.39, 0.29) is 18.2 Å². The first-order chi connectivity index (χ1) is 11.6. The van der Waals surface area contributed by atoms with Gasteiger partial charge in [-0.3, -0.25) is 0 Å². The van der Waals surface area contributed by atoms with Gasteiger partial charge < -0.3 is 25.0 Å². The second-order valence-corrected chi connectivity index (χ2v) is 6.14. The van der Waals surface area contributed by atoms with Crippen LogP contribution in [-0.2, 0) is 9.47 Å². The molecule has 24 heavy (non-hydrogen) atoms. The zero-order valence-corrected chi connectivity index (χ0v) is 14.9. The molecule has 1 aromatic rings. The lowest BCUT2D eigenvalue weighted by molar-refractivity contribution is -0.00521. The number of rotatable bonds is 7. The van der Waals surface area contributed by atoms with Crippen molar-refractivity contribution < 1.29 is 14.3 Å². The van der Waals surface area contributed by atoms with E-state index in [1.54, 1.807) is 0 Å². The summed E-state index contributed by atoms with van der Waals surface area (Å²) in [4.78, 5) is 14.1. The van der Waals surface area contributed by atoms with Gasteiger partial charge in [0.1, 0.15) is 0 Å². The van der Waals surface area contributed by atoms with Crippen LogP contribution in [0.15, 0.2) is 24.3 Å². The van der Waals surface area contributed by atoms with E-state index in [4.69, 9.17) is 9.47 Å². The van der Waals surface area contributed by atoms with Gasteiger partial charge in [0.25, 0.3) is 0 Å². The summed E-state index contributed by atoms with van der Waals surface area (Å²) >= 11 is 0. The average Bonchev–Trinajstić information content (AvgIpc) is 2.54. The molecule has 0 aromatic heterocycles. The number of carbonyl (C=O) groups excluding carboxylic acids is 1. The van der Waals surface area contributed by atoms with Crippen molar-refractivity contribution in [3.05, 3.63) is 24.3 Å². The standard InChI is InChI=1S/C18H29N3O3/c1-4-23-11-5-10-19-18(22)20-16-6-8-17(9-7-16)21-12-14(2)24-15(3)13-21/h6-9,14-15H,4-5,10-13H2,1-3H3,(H2,19,20,22)/t14-,15-/m1/s1. The van der Waals surface area contributed by atoms with Crippen LogP contribution in [0.5, 0.6) is 0 Å². The van der Waals surface area contributed by atoms with Crippen LogP contribution in [0, 0.1) is 0 Å². The Hall–Kier alpha value is -1.79. The van der Waals surface area contributed by atoms with Gasteiger partial charge >= 0.3 is 6.03 Å². The number of ether oxygens (including phenoxy) is 2. The molecule has 1 fully saturated rings. The first-order valence-corrected chi connectivity index (χ1v) is 8.71. The molecule has 1 aliphatic rings. The third-order valence-corrected chi connectivity index (χ3v) is 3.87. The fourth-order valence-electron chi connectivity index (χ4n) is 2.84. The van der Waals surface area contributed by atoms with Gasteiger partial charge in [-0.25, -0.2) is 4.79 Å². The van der Waals surface area contributed by atoms with Crippen molar-refractivity contribution in [1.29, 1.82) is 0 Å². The van der Waals surface area contributed by atoms with E-state index in [0.29, 0.717) is 19.8 Å². The molecule has 1 aromatic carbocycles. The SMILES string of the molecule is CCOCCCNC(=O)Nc1ccc(N2C[C@@H](C)O[C@H](C)C2)cc1. The Morgan fingerprint density at radius 3 is 2.54 bits per heavy atom. The smallest absolute Gasteiger partial charge is 0.319 e. The molecule has 0 radical (unpaired) electrons. The predicted octanol–water partition coefficient (Wildman–Crippen LogP) is 2.85. The molecule has 6 heteroatoms. The first kappa shape index (κ1) is 18.5. The quantitative estimate of drug-likeness (QED) is 0.752. The van der Waals surface area contributed by atoms with E-state index >= 15 is 0 Å². The number of urea groups is 1. The summed E-state index contributed by atoms with van der Waals surface area (Å²) in [7, 11) is 0. The number of carbonyl (C=O) groups is 1. The van der Waals surface area contributed by atoms with Gasteiger partial charge in [-0.05, 0) is 51.5 Å². The van der Waals surface area contributed by atoms with Crippen molar-refractivity contribution in [3.8, 4) is 0 Å². The topological polar surface area (TPSA) is 62.8 Å². The number of anilines is 2. The lowest BCUT2D eigenvalue weighted by Crippen LogP contribution is -2.45. The number of morpholine rings is 1. The maximum Gasteiger partial charge on any atom is 0.319 e. The number of nitrogens with one attached hydrogen (secondary N) is 2. The largest absolute Gasteiger partial charge is 0.382 e. The molecule has 2 N–H and O–H groups in total. The summed E-state index contributed by atoms with van der Waals surface area (Å²) in [6.45, 7) is 9.90. The molecule has 0 unspecified atom stereocenters. The van der Waals surface area contributed by atoms with Crippen LogP contribution in [0.3, 0.4) is 0 Å².